The fraction of sp³-hybridized carbons (Fsp3) is 0.571. The Morgan fingerprint density at radius 3 is 2.38 bits per heavy atom. The van der Waals surface area contributed by atoms with Crippen molar-refractivity contribution in [1.82, 2.24) is 9.21 Å². The van der Waals surface area contributed by atoms with Crippen molar-refractivity contribution in [3.63, 3.8) is 0 Å². The number of nitrogens with zero attached hydrogens (tertiary/aromatic N) is 2. The van der Waals surface area contributed by atoms with Gasteiger partial charge in [0, 0.05) is 12.6 Å². The zero-order valence-electron chi connectivity index (χ0n) is 12.1. The molecule has 0 radical (unpaired) electrons. The van der Waals surface area contributed by atoms with E-state index >= 15 is 0 Å². The van der Waals surface area contributed by atoms with Gasteiger partial charge in [0.05, 0.1) is 11.5 Å². The van der Waals surface area contributed by atoms with Crippen molar-refractivity contribution in [1.29, 1.82) is 0 Å². The highest BCUT2D eigenvalue weighted by Crippen LogP contribution is 2.23. The lowest BCUT2D eigenvalue weighted by Crippen LogP contribution is -2.47. The molecule has 0 aromatic heterocycles. The number of hydrogen-bond acceptors (Lipinski definition) is 4. The second-order valence-electron chi connectivity index (χ2n) is 5.33. The van der Waals surface area contributed by atoms with Gasteiger partial charge < -0.3 is 10.0 Å². The van der Waals surface area contributed by atoms with E-state index in [4.69, 9.17) is 0 Å². The molecule has 0 atom stereocenters. The summed E-state index contributed by atoms with van der Waals surface area (Å²) in [7, 11) is -1.71. The summed E-state index contributed by atoms with van der Waals surface area (Å²) in [5.41, 5.74) is 0. The molecule has 1 aromatic rings. The Labute approximate surface area is 125 Å². The van der Waals surface area contributed by atoms with Gasteiger partial charge in [0.25, 0.3) is 0 Å². The fourth-order valence-electron chi connectivity index (χ4n) is 2.62. The molecule has 5 nitrogen and oxygen atoms in total. The van der Waals surface area contributed by atoms with Crippen molar-refractivity contribution in [2.24, 2.45) is 0 Å². The molecule has 1 aliphatic heterocycles. The highest BCUT2D eigenvalue weighted by molar-refractivity contribution is 7.89. The number of benzene rings is 1. The summed E-state index contributed by atoms with van der Waals surface area (Å²) in [6.07, 6.45) is 1.47. The number of aliphatic hydroxyl groups is 1. The third kappa shape index (κ3) is 3.79. The lowest BCUT2D eigenvalue weighted by Gasteiger charge is -2.36. The van der Waals surface area contributed by atoms with Crippen LogP contribution in [0, 0.1) is 5.82 Å². The normalized spacial score (nSPS) is 18.3. The molecule has 1 aliphatic rings. The third-order valence-corrected chi connectivity index (χ3v) is 5.80. The average molecular weight is 316 g/mol. The summed E-state index contributed by atoms with van der Waals surface area (Å²) < 4.78 is 39.7. The number of rotatable bonds is 5. The fourth-order valence-corrected chi connectivity index (χ4v) is 4.30. The Kier molecular flexibility index (Phi) is 5.32. The molecule has 1 heterocycles. The van der Waals surface area contributed by atoms with Crippen LogP contribution in [0.3, 0.4) is 0 Å². The van der Waals surface area contributed by atoms with Crippen LogP contribution in [0.5, 0.6) is 0 Å². The topological polar surface area (TPSA) is 60.9 Å². The predicted molar refractivity (Wildman–Crippen MR) is 77.9 cm³/mol. The van der Waals surface area contributed by atoms with Crippen LogP contribution in [0.25, 0.3) is 0 Å². The number of piperidine rings is 1. The summed E-state index contributed by atoms with van der Waals surface area (Å²) in [5.74, 6) is -0.470. The van der Waals surface area contributed by atoms with E-state index in [0.29, 0.717) is 0 Å². The number of halogens is 1. The molecule has 0 saturated carbocycles. The van der Waals surface area contributed by atoms with Gasteiger partial charge in [0.15, 0.2) is 0 Å². The standard InChI is InChI=1S/C14H21FN2O3S/c1-16-8-6-13(7-9-16)17(10-11-18)21(19,20)14-4-2-12(15)3-5-14/h2-5,13,18H,6-11H2,1H3. The van der Waals surface area contributed by atoms with Gasteiger partial charge in [0.2, 0.25) is 10.0 Å². The van der Waals surface area contributed by atoms with E-state index in [-0.39, 0.29) is 24.1 Å². The van der Waals surface area contributed by atoms with Crippen molar-refractivity contribution in [3.8, 4) is 0 Å². The first-order valence-corrected chi connectivity index (χ1v) is 8.46. The van der Waals surface area contributed by atoms with Crippen molar-refractivity contribution in [2.45, 2.75) is 23.8 Å². The molecular formula is C14H21FN2O3S. The maximum absolute atomic E-state index is 13.0. The Balaban J connectivity index is 2.25. The molecule has 7 heteroatoms. The van der Waals surface area contributed by atoms with E-state index in [1.54, 1.807) is 0 Å². The maximum Gasteiger partial charge on any atom is 0.243 e. The molecule has 0 spiro atoms. The van der Waals surface area contributed by atoms with E-state index < -0.39 is 15.8 Å². The number of aliphatic hydroxyl groups excluding tert-OH is 1. The zero-order valence-corrected chi connectivity index (χ0v) is 12.9. The lowest BCUT2D eigenvalue weighted by molar-refractivity contribution is 0.161. The molecule has 1 N–H and O–H groups in total. The van der Waals surface area contributed by atoms with Gasteiger partial charge in [-0.3, -0.25) is 0 Å². The zero-order chi connectivity index (χ0) is 15.5. The molecule has 1 aromatic carbocycles. The van der Waals surface area contributed by atoms with E-state index in [1.807, 2.05) is 7.05 Å². The predicted octanol–water partition coefficient (Wildman–Crippen LogP) is 0.903. The monoisotopic (exact) mass is 316 g/mol. The van der Waals surface area contributed by atoms with Gasteiger partial charge in [-0.1, -0.05) is 0 Å². The molecule has 1 saturated heterocycles. The first-order chi connectivity index (χ1) is 9.95. The van der Waals surface area contributed by atoms with E-state index in [9.17, 15) is 17.9 Å². The van der Waals surface area contributed by atoms with Gasteiger partial charge in [-0.2, -0.15) is 4.31 Å². The molecule has 1 fully saturated rings. The molecule has 118 valence electrons. The van der Waals surface area contributed by atoms with Gasteiger partial charge in [-0.15, -0.1) is 0 Å². The number of hydrogen-bond donors (Lipinski definition) is 1. The highest BCUT2D eigenvalue weighted by atomic mass is 32.2. The van der Waals surface area contributed by atoms with Crippen molar-refractivity contribution < 1.29 is 17.9 Å². The Bertz CT molecular complexity index is 554. The summed E-state index contributed by atoms with van der Waals surface area (Å²) in [4.78, 5) is 2.22. The van der Waals surface area contributed by atoms with Crippen molar-refractivity contribution >= 4 is 10.0 Å². The molecule has 2 rings (SSSR count). The highest BCUT2D eigenvalue weighted by Gasteiger charge is 2.32. The summed E-state index contributed by atoms with van der Waals surface area (Å²) in [5, 5.41) is 9.20. The average Bonchev–Trinajstić information content (AvgIpc) is 2.46. The van der Waals surface area contributed by atoms with Crippen LogP contribution in [-0.4, -0.2) is 62.1 Å². The van der Waals surface area contributed by atoms with Crippen LogP contribution in [0.4, 0.5) is 4.39 Å². The molecule has 0 unspecified atom stereocenters. The van der Waals surface area contributed by atoms with Gasteiger partial charge >= 0.3 is 0 Å². The quantitative estimate of drug-likeness (QED) is 0.877. The minimum absolute atomic E-state index is 0.0636. The maximum atomic E-state index is 13.0. The van der Waals surface area contributed by atoms with Crippen LogP contribution in [0.15, 0.2) is 29.2 Å². The molecular weight excluding hydrogens is 295 g/mol. The van der Waals surface area contributed by atoms with Gasteiger partial charge in [-0.05, 0) is 57.2 Å². The van der Waals surface area contributed by atoms with Crippen LogP contribution in [0.1, 0.15) is 12.8 Å². The van der Waals surface area contributed by atoms with Crippen LogP contribution < -0.4 is 0 Å². The van der Waals surface area contributed by atoms with Crippen molar-refractivity contribution in [3.05, 3.63) is 30.1 Å². The summed E-state index contributed by atoms with van der Waals surface area (Å²) >= 11 is 0. The Hall–Kier alpha value is -1.02. The van der Waals surface area contributed by atoms with Gasteiger partial charge in [0.1, 0.15) is 5.82 Å². The van der Waals surface area contributed by atoms with E-state index in [0.717, 1.165) is 38.1 Å². The molecule has 0 bridgehead atoms. The summed E-state index contributed by atoms with van der Waals surface area (Å²) in [6, 6.07) is 4.69. The number of likely N-dealkylation sites (tertiary alicyclic amines) is 1. The first-order valence-electron chi connectivity index (χ1n) is 7.02. The Morgan fingerprint density at radius 2 is 1.86 bits per heavy atom. The minimum Gasteiger partial charge on any atom is -0.395 e. The van der Waals surface area contributed by atoms with E-state index in [1.165, 1.54) is 16.4 Å². The molecule has 0 aliphatic carbocycles. The second-order valence-corrected chi connectivity index (χ2v) is 7.22. The number of sulfonamides is 1. The smallest absolute Gasteiger partial charge is 0.243 e. The first kappa shape index (κ1) is 16.4. The van der Waals surface area contributed by atoms with Crippen molar-refractivity contribution in [2.75, 3.05) is 33.3 Å². The second kappa shape index (κ2) is 6.83. The Morgan fingerprint density at radius 1 is 1.29 bits per heavy atom. The van der Waals surface area contributed by atoms with E-state index in [2.05, 4.69) is 4.90 Å². The summed E-state index contributed by atoms with van der Waals surface area (Å²) in [6.45, 7) is 1.48. The van der Waals surface area contributed by atoms with Crippen LogP contribution in [0.2, 0.25) is 0 Å². The van der Waals surface area contributed by atoms with Crippen LogP contribution in [-0.2, 0) is 10.0 Å². The molecule has 21 heavy (non-hydrogen) atoms. The molecule has 0 amide bonds. The SMILES string of the molecule is CN1CCC(N(CCO)S(=O)(=O)c2ccc(F)cc2)CC1. The van der Waals surface area contributed by atoms with Gasteiger partial charge in [-0.25, -0.2) is 12.8 Å². The largest absolute Gasteiger partial charge is 0.395 e. The van der Waals surface area contributed by atoms with Crippen LogP contribution >= 0.6 is 0 Å². The lowest BCUT2D eigenvalue weighted by atomic mass is 10.1. The third-order valence-electron chi connectivity index (χ3n) is 3.84. The minimum atomic E-state index is -3.71.